The Balaban J connectivity index is 1.45. The van der Waals surface area contributed by atoms with Crippen LogP contribution >= 0.6 is 0 Å². The summed E-state index contributed by atoms with van der Waals surface area (Å²) in [5.41, 5.74) is 10.8. The molecular formula is C26H25N5. The molecule has 5 nitrogen and oxygen atoms in total. The number of fused-ring (bicyclic) bond motifs is 2. The van der Waals surface area contributed by atoms with Gasteiger partial charge in [0.25, 0.3) is 0 Å². The number of nitrogens with zero attached hydrogens (tertiary/aromatic N) is 4. The zero-order valence-corrected chi connectivity index (χ0v) is 17.5. The van der Waals surface area contributed by atoms with Crippen molar-refractivity contribution in [3.05, 3.63) is 54.4 Å². The predicted molar refractivity (Wildman–Crippen MR) is 122 cm³/mol. The quantitative estimate of drug-likeness (QED) is 0.488. The maximum atomic E-state index is 6.18. The van der Waals surface area contributed by atoms with Crippen molar-refractivity contribution in [3.8, 4) is 11.3 Å². The predicted octanol–water partition coefficient (Wildman–Crippen LogP) is 5.29. The van der Waals surface area contributed by atoms with Gasteiger partial charge in [0.15, 0.2) is 5.65 Å². The maximum Gasteiger partial charge on any atom is 0.222 e. The van der Waals surface area contributed by atoms with Gasteiger partial charge in [0.05, 0.1) is 17.6 Å². The fraction of sp³-hybridized carbons (Fsp3) is 0.385. The summed E-state index contributed by atoms with van der Waals surface area (Å²) in [5, 5.41) is 2.39. The van der Waals surface area contributed by atoms with Crippen LogP contribution in [-0.2, 0) is 5.41 Å². The molecule has 8 rings (SSSR count). The summed E-state index contributed by atoms with van der Waals surface area (Å²) in [6, 6.07) is 14.8. The minimum atomic E-state index is 0.0934. The average Bonchev–Trinajstić information content (AvgIpc) is 2.77. The molecule has 4 aliphatic rings. The number of benzene rings is 2. The Hall–Kier alpha value is -3.08. The normalized spacial score (nSPS) is 29.1. The smallest absolute Gasteiger partial charge is 0.222 e. The van der Waals surface area contributed by atoms with Crippen LogP contribution in [0.1, 0.15) is 44.2 Å². The first-order valence-corrected chi connectivity index (χ1v) is 11.5. The van der Waals surface area contributed by atoms with Gasteiger partial charge in [-0.3, -0.25) is 0 Å². The van der Waals surface area contributed by atoms with Crippen molar-refractivity contribution in [3.63, 3.8) is 0 Å². The second-order valence-corrected chi connectivity index (χ2v) is 10.1. The van der Waals surface area contributed by atoms with Crippen LogP contribution in [0.4, 0.5) is 5.95 Å². The van der Waals surface area contributed by atoms with Gasteiger partial charge < -0.3 is 5.73 Å². The summed E-state index contributed by atoms with van der Waals surface area (Å²) in [6.07, 6.45) is 9.65. The Morgan fingerprint density at radius 1 is 0.806 bits per heavy atom. The monoisotopic (exact) mass is 407 g/mol. The van der Waals surface area contributed by atoms with Gasteiger partial charge in [-0.15, -0.1) is 0 Å². The average molecular weight is 408 g/mol. The molecule has 2 aromatic carbocycles. The van der Waals surface area contributed by atoms with Crippen LogP contribution in [0.15, 0.2) is 48.7 Å². The van der Waals surface area contributed by atoms with Crippen molar-refractivity contribution in [2.24, 2.45) is 17.8 Å². The highest BCUT2D eigenvalue weighted by Gasteiger charge is 2.53. The van der Waals surface area contributed by atoms with Crippen molar-refractivity contribution in [1.82, 2.24) is 19.9 Å². The van der Waals surface area contributed by atoms with Gasteiger partial charge in [0, 0.05) is 11.0 Å². The molecule has 0 spiro atoms. The number of anilines is 1. The third-order valence-corrected chi connectivity index (χ3v) is 8.03. The summed E-state index contributed by atoms with van der Waals surface area (Å²) in [5.74, 6) is 2.80. The van der Waals surface area contributed by atoms with Crippen LogP contribution in [0.2, 0.25) is 0 Å². The summed E-state index contributed by atoms with van der Waals surface area (Å²) in [6.45, 7) is 0. The first-order valence-electron chi connectivity index (χ1n) is 11.5. The molecule has 5 heteroatoms. The van der Waals surface area contributed by atoms with E-state index >= 15 is 0 Å². The van der Waals surface area contributed by atoms with E-state index in [1.807, 2.05) is 6.20 Å². The molecule has 154 valence electrons. The molecule has 4 saturated carbocycles. The topological polar surface area (TPSA) is 77.6 Å². The van der Waals surface area contributed by atoms with Crippen LogP contribution < -0.4 is 5.73 Å². The Kier molecular flexibility index (Phi) is 3.53. The molecular weight excluding hydrogens is 382 g/mol. The molecule has 31 heavy (non-hydrogen) atoms. The highest BCUT2D eigenvalue weighted by Crippen LogP contribution is 2.61. The Bertz CT molecular complexity index is 1300. The van der Waals surface area contributed by atoms with E-state index in [1.54, 1.807) is 0 Å². The van der Waals surface area contributed by atoms with E-state index in [9.17, 15) is 0 Å². The van der Waals surface area contributed by atoms with Gasteiger partial charge in [0.1, 0.15) is 5.52 Å². The SMILES string of the molecule is Nc1nc(C23CC4CC(CC(C4)C2)C3)c2nc(-c3cccc4ccccc34)cnc2n1. The molecule has 0 aliphatic heterocycles. The van der Waals surface area contributed by atoms with Crippen molar-refractivity contribution in [1.29, 1.82) is 0 Å². The highest BCUT2D eigenvalue weighted by molar-refractivity contribution is 5.96. The first-order chi connectivity index (χ1) is 15.2. The number of hydrogen-bond donors (Lipinski definition) is 1. The molecule has 0 saturated heterocycles. The lowest BCUT2D eigenvalue weighted by Crippen LogP contribution is -2.49. The van der Waals surface area contributed by atoms with E-state index in [0.717, 1.165) is 40.2 Å². The van der Waals surface area contributed by atoms with Gasteiger partial charge in [0.2, 0.25) is 5.95 Å². The lowest BCUT2D eigenvalue weighted by atomic mass is 9.48. The number of nitrogens with two attached hydrogens (primary N) is 1. The molecule has 2 N–H and O–H groups in total. The minimum Gasteiger partial charge on any atom is -0.368 e. The highest BCUT2D eigenvalue weighted by atomic mass is 15.1. The van der Waals surface area contributed by atoms with Gasteiger partial charge in [-0.05, 0) is 67.1 Å². The van der Waals surface area contributed by atoms with Crippen LogP contribution in [0.5, 0.6) is 0 Å². The minimum absolute atomic E-state index is 0.0934. The number of nitrogen functional groups attached to an aromatic ring is 1. The Morgan fingerprint density at radius 3 is 2.29 bits per heavy atom. The fourth-order valence-electron chi connectivity index (χ4n) is 7.27. The zero-order chi connectivity index (χ0) is 20.6. The molecule has 4 aromatic rings. The summed E-state index contributed by atoms with van der Waals surface area (Å²) in [7, 11) is 0. The number of hydrogen-bond acceptors (Lipinski definition) is 5. The maximum absolute atomic E-state index is 6.18. The van der Waals surface area contributed by atoms with Crippen molar-refractivity contribution in [2.75, 3.05) is 5.73 Å². The van der Waals surface area contributed by atoms with Gasteiger partial charge >= 0.3 is 0 Å². The van der Waals surface area contributed by atoms with E-state index in [4.69, 9.17) is 20.7 Å². The number of aromatic nitrogens is 4. The lowest BCUT2D eigenvalue weighted by Gasteiger charge is -2.56. The van der Waals surface area contributed by atoms with E-state index in [0.29, 0.717) is 11.6 Å². The second kappa shape index (κ2) is 6.22. The van der Waals surface area contributed by atoms with Gasteiger partial charge in [-0.2, -0.15) is 4.98 Å². The Labute approximate surface area is 181 Å². The van der Waals surface area contributed by atoms with Crippen LogP contribution in [0.3, 0.4) is 0 Å². The number of rotatable bonds is 2. The summed E-state index contributed by atoms with van der Waals surface area (Å²) in [4.78, 5) is 19.2. The van der Waals surface area contributed by atoms with E-state index < -0.39 is 0 Å². The molecule has 2 aromatic heterocycles. The molecule has 4 aliphatic carbocycles. The zero-order valence-electron chi connectivity index (χ0n) is 17.5. The van der Waals surface area contributed by atoms with E-state index in [1.165, 1.54) is 49.3 Å². The van der Waals surface area contributed by atoms with Crippen LogP contribution in [-0.4, -0.2) is 19.9 Å². The van der Waals surface area contributed by atoms with E-state index in [-0.39, 0.29) is 5.41 Å². The third kappa shape index (κ3) is 2.62. The Morgan fingerprint density at radius 2 is 1.52 bits per heavy atom. The van der Waals surface area contributed by atoms with Crippen molar-refractivity contribution < 1.29 is 0 Å². The molecule has 0 atom stereocenters. The molecule has 0 unspecified atom stereocenters. The van der Waals surface area contributed by atoms with Crippen LogP contribution in [0, 0.1) is 17.8 Å². The standard InChI is InChI=1S/C26H25N5/c27-25-30-23(26-11-15-8-16(12-26)10-17(9-15)13-26)22-24(31-25)28-14-21(29-22)20-7-3-5-18-4-1-2-6-19(18)20/h1-7,14-17H,8-13H2,(H2,27,28,30,31). The largest absolute Gasteiger partial charge is 0.368 e. The second-order valence-electron chi connectivity index (χ2n) is 10.1. The first kappa shape index (κ1) is 17.6. The molecule has 0 radical (unpaired) electrons. The lowest BCUT2D eigenvalue weighted by molar-refractivity contribution is -0.00651. The van der Waals surface area contributed by atoms with Gasteiger partial charge in [-0.25, -0.2) is 15.0 Å². The molecule has 4 bridgehead atoms. The summed E-state index contributed by atoms with van der Waals surface area (Å²) >= 11 is 0. The van der Waals surface area contributed by atoms with Crippen molar-refractivity contribution >= 4 is 27.9 Å². The van der Waals surface area contributed by atoms with Crippen LogP contribution in [0.25, 0.3) is 33.2 Å². The summed E-state index contributed by atoms with van der Waals surface area (Å²) < 4.78 is 0. The third-order valence-electron chi connectivity index (χ3n) is 8.03. The van der Waals surface area contributed by atoms with Crippen molar-refractivity contribution in [2.45, 2.75) is 43.9 Å². The molecule has 4 fully saturated rings. The van der Waals surface area contributed by atoms with Gasteiger partial charge in [-0.1, -0.05) is 42.5 Å². The molecule has 0 amide bonds. The molecule has 2 heterocycles. The van der Waals surface area contributed by atoms with E-state index in [2.05, 4.69) is 47.4 Å². The fourth-order valence-corrected chi connectivity index (χ4v) is 7.27.